The lowest BCUT2D eigenvalue weighted by molar-refractivity contribution is 0.0600. The third-order valence-electron chi connectivity index (χ3n) is 2.66. The van der Waals surface area contributed by atoms with Gasteiger partial charge in [-0.1, -0.05) is 12.1 Å². The number of methoxy groups -OCH3 is 1. The fourth-order valence-electron chi connectivity index (χ4n) is 1.66. The van der Waals surface area contributed by atoms with Gasteiger partial charge in [-0.15, -0.1) is 11.3 Å². The number of urea groups is 1. The second-order valence-corrected chi connectivity index (χ2v) is 4.95. The van der Waals surface area contributed by atoms with Crippen molar-refractivity contribution >= 4 is 28.5 Å². The fourth-order valence-corrected chi connectivity index (χ4v) is 2.38. The van der Waals surface area contributed by atoms with Crippen molar-refractivity contribution in [3.63, 3.8) is 0 Å². The van der Waals surface area contributed by atoms with Crippen molar-refractivity contribution in [3.8, 4) is 11.3 Å². The average Bonchev–Trinajstić information content (AvgIpc) is 2.95. The molecule has 1 aromatic heterocycles. The summed E-state index contributed by atoms with van der Waals surface area (Å²) in [6.07, 6.45) is 0. The molecule has 1 aromatic carbocycles. The molecule has 2 N–H and O–H groups in total. The highest BCUT2D eigenvalue weighted by atomic mass is 32.1. The summed E-state index contributed by atoms with van der Waals surface area (Å²) in [4.78, 5) is 27.1. The Morgan fingerprint density at radius 1 is 1.29 bits per heavy atom. The van der Waals surface area contributed by atoms with Gasteiger partial charge in [0, 0.05) is 17.5 Å². The van der Waals surface area contributed by atoms with E-state index < -0.39 is 0 Å². The number of thiazole rings is 1. The lowest BCUT2D eigenvalue weighted by Crippen LogP contribution is -2.28. The molecule has 0 saturated heterocycles. The number of nitrogens with one attached hydrogen (secondary N) is 2. The number of carbonyl (C=O) groups excluding carboxylic acids is 2. The molecule has 1 heterocycles. The number of hydrogen-bond donors (Lipinski definition) is 2. The minimum atomic E-state index is -0.376. The molecule has 0 aliphatic carbocycles. The van der Waals surface area contributed by atoms with Gasteiger partial charge in [-0.2, -0.15) is 0 Å². The molecule has 2 amide bonds. The van der Waals surface area contributed by atoms with Crippen molar-refractivity contribution in [1.82, 2.24) is 10.3 Å². The van der Waals surface area contributed by atoms with E-state index in [9.17, 15) is 9.59 Å². The number of esters is 1. The lowest BCUT2D eigenvalue weighted by Gasteiger charge is -2.02. The second-order valence-electron chi connectivity index (χ2n) is 4.09. The first-order valence-corrected chi connectivity index (χ1v) is 7.21. The Balaban J connectivity index is 2.10. The molecule has 0 aliphatic rings. The maximum atomic E-state index is 11.4. The van der Waals surface area contributed by atoms with Gasteiger partial charge < -0.3 is 10.1 Å². The van der Waals surface area contributed by atoms with E-state index in [2.05, 4.69) is 20.4 Å². The van der Waals surface area contributed by atoms with Crippen molar-refractivity contribution < 1.29 is 14.3 Å². The maximum Gasteiger partial charge on any atom is 0.337 e. The average molecular weight is 305 g/mol. The summed E-state index contributed by atoms with van der Waals surface area (Å²) in [5.41, 5.74) is 2.09. The van der Waals surface area contributed by atoms with Crippen molar-refractivity contribution in [2.75, 3.05) is 19.0 Å². The fraction of sp³-hybridized carbons (Fsp3) is 0.214. The molecule has 7 heteroatoms. The van der Waals surface area contributed by atoms with Crippen LogP contribution >= 0.6 is 11.3 Å². The first-order chi connectivity index (χ1) is 10.1. The third kappa shape index (κ3) is 3.79. The zero-order chi connectivity index (χ0) is 15.2. The molecule has 2 aromatic rings. The predicted molar refractivity (Wildman–Crippen MR) is 81.6 cm³/mol. The van der Waals surface area contributed by atoms with Crippen LogP contribution in [0.25, 0.3) is 11.3 Å². The molecule has 0 atom stereocenters. The normalized spacial score (nSPS) is 10.0. The van der Waals surface area contributed by atoms with Crippen LogP contribution in [0.1, 0.15) is 17.3 Å². The number of rotatable bonds is 4. The van der Waals surface area contributed by atoms with E-state index >= 15 is 0 Å². The van der Waals surface area contributed by atoms with Gasteiger partial charge in [0.1, 0.15) is 0 Å². The number of anilines is 1. The molecule has 2 rings (SSSR count). The van der Waals surface area contributed by atoms with Crippen LogP contribution in [0.5, 0.6) is 0 Å². The van der Waals surface area contributed by atoms with Gasteiger partial charge in [-0.05, 0) is 19.1 Å². The lowest BCUT2D eigenvalue weighted by atomic mass is 10.1. The predicted octanol–water partition coefficient (Wildman–Crippen LogP) is 2.74. The zero-order valence-electron chi connectivity index (χ0n) is 11.7. The summed E-state index contributed by atoms with van der Waals surface area (Å²) < 4.78 is 4.65. The van der Waals surface area contributed by atoms with Crippen LogP contribution in [-0.2, 0) is 4.74 Å². The molecule has 0 saturated carbocycles. The highest BCUT2D eigenvalue weighted by Gasteiger charge is 2.09. The van der Waals surface area contributed by atoms with Crippen LogP contribution < -0.4 is 10.6 Å². The van der Waals surface area contributed by atoms with Crippen LogP contribution in [0.15, 0.2) is 29.6 Å². The summed E-state index contributed by atoms with van der Waals surface area (Å²) in [6.45, 7) is 2.40. The molecule has 0 bridgehead atoms. The standard InChI is InChI=1S/C14H15N3O3S/c1-3-15-13(19)17-14-16-11(8-21-14)9-4-6-10(7-5-9)12(18)20-2/h4-8H,3H2,1-2H3,(H2,15,16,17,19). The number of aromatic nitrogens is 1. The summed E-state index contributed by atoms with van der Waals surface area (Å²) >= 11 is 1.34. The Morgan fingerprint density at radius 3 is 2.62 bits per heavy atom. The smallest absolute Gasteiger partial charge is 0.337 e. The quantitative estimate of drug-likeness (QED) is 0.851. The van der Waals surface area contributed by atoms with E-state index in [0.717, 1.165) is 11.3 Å². The molecular weight excluding hydrogens is 290 g/mol. The van der Waals surface area contributed by atoms with Crippen molar-refractivity contribution in [2.24, 2.45) is 0 Å². The second kappa shape index (κ2) is 6.85. The third-order valence-corrected chi connectivity index (χ3v) is 3.42. The van der Waals surface area contributed by atoms with Crippen LogP contribution in [0.4, 0.5) is 9.93 Å². The highest BCUT2D eigenvalue weighted by molar-refractivity contribution is 7.14. The Morgan fingerprint density at radius 2 is 2.00 bits per heavy atom. The molecule has 0 radical (unpaired) electrons. The Kier molecular flexibility index (Phi) is 4.89. The monoisotopic (exact) mass is 305 g/mol. The van der Waals surface area contributed by atoms with Gasteiger partial charge in [0.2, 0.25) is 0 Å². The topological polar surface area (TPSA) is 80.3 Å². The minimum absolute atomic E-state index is 0.278. The number of ether oxygens (including phenoxy) is 1. The van der Waals surface area contributed by atoms with Gasteiger partial charge >= 0.3 is 12.0 Å². The van der Waals surface area contributed by atoms with Crippen molar-refractivity contribution in [3.05, 3.63) is 35.2 Å². The SMILES string of the molecule is CCNC(=O)Nc1nc(-c2ccc(C(=O)OC)cc2)cs1. The maximum absolute atomic E-state index is 11.4. The number of amides is 2. The summed E-state index contributed by atoms with van der Waals surface area (Å²) in [7, 11) is 1.34. The largest absolute Gasteiger partial charge is 0.465 e. The van der Waals surface area contributed by atoms with Crippen LogP contribution in [0.3, 0.4) is 0 Å². The number of nitrogens with zero attached hydrogens (tertiary/aromatic N) is 1. The van der Waals surface area contributed by atoms with E-state index in [4.69, 9.17) is 0 Å². The van der Waals surface area contributed by atoms with Crippen LogP contribution in [0, 0.1) is 0 Å². The molecule has 0 unspecified atom stereocenters. The molecule has 0 fully saturated rings. The van der Waals surface area contributed by atoms with Gasteiger partial charge in [-0.25, -0.2) is 14.6 Å². The number of hydrogen-bond acceptors (Lipinski definition) is 5. The van der Waals surface area contributed by atoms with E-state index in [1.54, 1.807) is 24.3 Å². The van der Waals surface area contributed by atoms with E-state index in [1.165, 1.54) is 18.4 Å². The van der Waals surface area contributed by atoms with Gasteiger partial charge in [0.15, 0.2) is 5.13 Å². The first kappa shape index (κ1) is 15.0. The van der Waals surface area contributed by atoms with Crippen LogP contribution in [-0.4, -0.2) is 30.6 Å². The zero-order valence-corrected chi connectivity index (χ0v) is 12.5. The first-order valence-electron chi connectivity index (χ1n) is 6.33. The van der Waals surface area contributed by atoms with Gasteiger partial charge in [0.25, 0.3) is 0 Å². The van der Waals surface area contributed by atoms with E-state index in [0.29, 0.717) is 17.2 Å². The van der Waals surface area contributed by atoms with Crippen molar-refractivity contribution in [1.29, 1.82) is 0 Å². The molecule has 6 nitrogen and oxygen atoms in total. The molecule has 110 valence electrons. The molecule has 21 heavy (non-hydrogen) atoms. The molecule has 0 spiro atoms. The van der Waals surface area contributed by atoms with E-state index in [1.807, 2.05) is 12.3 Å². The summed E-state index contributed by atoms with van der Waals surface area (Å²) in [5.74, 6) is -0.376. The Labute approximate surface area is 126 Å². The van der Waals surface area contributed by atoms with E-state index in [-0.39, 0.29) is 12.0 Å². The van der Waals surface area contributed by atoms with Crippen molar-refractivity contribution in [2.45, 2.75) is 6.92 Å². The Bertz CT molecular complexity index is 637. The minimum Gasteiger partial charge on any atom is -0.465 e. The Hall–Kier alpha value is -2.41. The number of carbonyl (C=O) groups is 2. The number of benzene rings is 1. The van der Waals surface area contributed by atoms with Gasteiger partial charge in [-0.3, -0.25) is 5.32 Å². The molecular formula is C14H15N3O3S. The highest BCUT2D eigenvalue weighted by Crippen LogP contribution is 2.25. The van der Waals surface area contributed by atoms with Crippen LogP contribution in [0.2, 0.25) is 0 Å². The summed E-state index contributed by atoms with van der Waals surface area (Å²) in [5, 5.41) is 7.65. The molecule has 0 aliphatic heterocycles. The summed E-state index contributed by atoms with van der Waals surface area (Å²) in [6, 6.07) is 6.66. The van der Waals surface area contributed by atoms with Gasteiger partial charge in [0.05, 0.1) is 18.4 Å².